The molecule has 5 heteroatoms. The number of aromatic nitrogens is 1. The topological polar surface area (TPSA) is 59.1 Å². The number of benzene rings is 1. The molecule has 0 fully saturated rings. The Kier molecular flexibility index (Phi) is 4.17. The third-order valence-corrected chi connectivity index (χ3v) is 4.05. The lowest BCUT2D eigenvalue weighted by Gasteiger charge is -2.13. The van der Waals surface area contributed by atoms with Crippen LogP contribution in [0.25, 0.3) is 10.8 Å². The van der Waals surface area contributed by atoms with Crippen LogP contribution in [0, 0.1) is 0 Å². The average Bonchev–Trinajstić information content (AvgIpc) is 2.34. The predicted octanol–water partition coefficient (Wildman–Crippen LogP) is 1.76. The summed E-state index contributed by atoms with van der Waals surface area (Å²) in [5, 5.41) is 5.47. The van der Waals surface area contributed by atoms with Gasteiger partial charge in [0.1, 0.15) is 9.84 Å². The number of nitrogens with one attached hydrogen (secondary N) is 1. The Balaban J connectivity index is 2.10. The van der Waals surface area contributed by atoms with Crippen LogP contribution in [0.2, 0.25) is 0 Å². The van der Waals surface area contributed by atoms with E-state index in [2.05, 4.69) is 16.4 Å². The number of hydrogen-bond acceptors (Lipinski definition) is 4. The van der Waals surface area contributed by atoms with Crippen LogP contribution in [-0.2, 0) is 16.4 Å². The lowest BCUT2D eigenvalue weighted by molar-refractivity contribution is 0.560. The minimum atomic E-state index is -2.95. The van der Waals surface area contributed by atoms with Gasteiger partial charge >= 0.3 is 0 Å². The molecule has 0 saturated heterocycles. The highest BCUT2D eigenvalue weighted by Gasteiger charge is 2.10. The summed E-state index contributed by atoms with van der Waals surface area (Å²) in [7, 11) is -2.95. The zero-order valence-electron chi connectivity index (χ0n) is 11.1. The maximum atomic E-state index is 11.2. The van der Waals surface area contributed by atoms with E-state index in [1.807, 2.05) is 37.5 Å². The third-order valence-electron chi connectivity index (χ3n) is 2.94. The van der Waals surface area contributed by atoms with E-state index in [0.29, 0.717) is 6.54 Å². The lowest BCUT2D eigenvalue weighted by atomic mass is 10.1. The normalized spacial score (nSPS) is 13.6. The largest absolute Gasteiger partial charge is 0.309 e. The highest BCUT2D eigenvalue weighted by molar-refractivity contribution is 7.90. The van der Waals surface area contributed by atoms with Gasteiger partial charge in [-0.2, -0.15) is 0 Å². The fourth-order valence-electron chi connectivity index (χ4n) is 2.12. The fourth-order valence-corrected chi connectivity index (χ4v) is 3.14. The van der Waals surface area contributed by atoms with Crippen LogP contribution in [0.4, 0.5) is 0 Å². The van der Waals surface area contributed by atoms with Crippen molar-refractivity contribution < 1.29 is 8.42 Å². The van der Waals surface area contributed by atoms with Crippen molar-refractivity contribution in [1.29, 1.82) is 0 Å². The molecular formula is C14H18N2O2S. The quantitative estimate of drug-likeness (QED) is 0.905. The maximum Gasteiger partial charge on any atom is 0.148 e. The molecule has 0 aliphatic heterocycles. The van der Waals surface area contributed by atoms with Crippen LogP contribution < -0.4 is 5.32 Å². The minimum Gasteiger partial charge on any atom is -0.309 e. The van der Waals surface area contributed by atoms with E-state index in [-0.39, 0.29) is 11.8 Å². The Morgan fingerprint density at radius 3 is 2.74 bits per heavy atom. The Hall–Kier alpha value is -1.46. The summed E-state index contributed by atoms with van der Waals surface area (Å²) in [5.41, 5.74) is 1.08. The molecule has 19 heavy (non-hydrogen) atoms. The fraction of sp³-hybridized carbons (Fsp3) is 0.357. The molecule has 102 valence electrons. The number of sulfone groups is 1. The second-order valence-electron chi connectivity index (χ2n) is 4.89. The van der Waals surface area contributed by atoms with Crippen molar-refractivity contribution in [2.75, 3.05) is 12.0 Å². The summed E-state index contributed by atoms with van der Waals surface area (Å²) in [6.07, 6.45) is 4.91. The highest BCUT2D eigenvalue weighted by atomic mass is 32.2. The van der Waals surface area contributed by atoms with E-state index in [4.69, 9.17) is 0 Å². The average molecular weight is 278 g/mol. The molecule has 1 heterocycles. The van der Waals surface area contributed by atoms with Gasteiger partial charge in [0.05, 0.1) is 5.75 Å². The van der Waals surface area contributed by atoms with E-state index in [9.17, 15) is 8.42 Å². The molecule has 2 aromatic rings. The molecule has 1 atom stereocenters. The van der Waals surface area contributed by atoms with Gasteiger partial charge in [-0.1, -0.05) is 24.3 Å². The van der Waals surface area contributed by atoms with Gasteiger partial charge < -0.3 is 5.32 Å². The van der Waals surface area contributed by atoms with Crippen LogP contribution in [-0.4, -0.2) is 31.5 Å². The molecule has 0 bridgehead atoms. The first kappa shape index (κ1) is 14.0. The van der Waals surface area contributed by atoms with Crippen LogP contribution in [0.15, 0.2) is 36.7 Å². The second kappa shape index (κ2) is 5.67. The van der Waals surface area contributed by atoms with Gasteiger partial charge in [-0.05, 0) is 17.9 Å². The van der Waals surface area contributed by atoms with Crippen LogP contribution >= 0.6 is 0 Å². The molecule has 1 N–H and O–H groups in total. The Bertz CT molecular complexity index is 663. The summed E-state index contributed by atoms with van der Waals surface area (Å²) in [4.78, 5) is 4.21. The van der Waals surface area contributed by atoms with Crippen molar-refractivity contribution >= 4 is 20.6 Å². The summed E-state index contributed by atoms with van der Waals surface area (Å²) in [6, 6.07) is 7.97. The molecule has 1 unspecified atom stereocenters. The van der Waals surface area contributed by atoms with Crippen molar-refractivity contribution in [2.45, 2.75) is 19.5 Å². The first-order valence-corrected chi connectivity index (χ1v) is 8.24. The molecule has 1 aromatic carbocycles. The molecule has 2 rings (SSSR count). The Morgan fingerprint density at radius 2 is 2.00 bits per heavy atom. The number of fused-ring (bicyclic) bond motifs is 1. The van der Waals surface area contributed by atoms with Crippen molar-refractivity contribution in [3.63, 3.8) is 0 Å². The first-order chi connectivity index (χ1) is 8.96. The van der Waals surface area contributed by atoms with Crippen LogP contribution in [0.1, 0.15) is 12.5 Å². The standard InChI is InChI=1S/C14H18N2O2S/c1-11(10-19(2,17)18)16-9-13-8-15-7-12-5-3-4-6-14(12)13/h3-8,11,16H,9-10H2,1-2H3. The zero-order valence-corrected chi connectivity index (χ0v) is 11.9. The van der Waals surface area contributed by atoms with E-state index in [1.165, 1.54) is 6.26 Å². The molecule has 0 aliphatic carbocycles. The van der Waals surface area contributed by atoms with Crippen molar-refractivity contribution in [1.82, 2.24) is 10.3 Å². The van der Waals surface area contributed by atoms with Crippen molar-refractivity contribution in [3.05, 3.63) is 42.2 Å². The van der Waals surface area contributed by atoms with E-state index < -0.39 is 9.84 Å². The van der Waals surface area contributed by atoms with Gasteiger partial charge in [0.25, 0.3) is 0 Å². The minimum absolute atomic E-state index is 0.0750. The van der Waals surface area contributed by atoms with Gasteiger partial charge in [-0.3, -0.25) is 4.98 Å². The molecule has 0 saturated carbocycles. The maximum absolute atomic E-state index is 11.2. The molecule has 0 spiro atoms. The van der Waals surface area contributed by atoms with Crippen LogP contribution in [0.3, 0.4) is 0 Å². The number of rotatable bonds is 5. The number of pyridine rings is 1. The van der Waals surface area contributed by atoms with E-state index >= 15 is 0 Å². The van der Waals surface area contributed by atoms with Gasteiger partial charge in [0, 0.05) is 36.6 Å². The van der Waals surface area contributed by atoms with Gasteiger partial charge in [-0.15, -0.1) is 0 Å². The predicted molar refractivity (Wildman–Crippen MR) is 77.8 cm³/mol. The summed E-state index contributed by atoms with van der Waals surface area (Å²) < 4.78 is 22.4. The summed E-state index contributed by atoms with van der Waals surface area (Å²) in [6.45, 7) is 2.49. The highest BCUT2D eigenvalue weighted by Crippen LogP contribution is 2.16. The SMILES string of the molecule is CC(CS(C)(=O)=O)NCc1cncc2ccccc12. The summed E-state index contributed by atoms with van der Waals surface area (Å²) >= 11 is 0. The van der Waals surface area contributed by atoms with E-state index in [1.54, 1.807) is 0 Å². The summed E-state index contributed by atoms with van der Waals surface area (Å²) in [5.74, 6) is 0.144. The number of hydrogen-bond donors (Lipinski definition) is 1. The number of nitrogens with zero attached hydrogens (tertiary/aromatic N) is 1. The van der Waals surface area contributed by atoms with Gasteiger partial charge in [-0.25, -0.2) is 8.42 Å². The third kappa shape index (κ3) is 4.01. The molecule has 0 aliphatic rings. The van der Waals surface area contributed by atoms with E-state index in [0.717, 1.165) is 16.3 Å². The van der Waals surface area contributed by atoms with Crippen LogP contribution in [0.5, 0.6) is 0 Å². The van der Waals surface area contributed by atoms with Gasteiger partial charge in [0.2, 0.25) is 0 Å². The van der Waals surface area contributed by atoms with Gasteiger partial charge in [0.15, 0.2) is 0 Å². The lowest BCUT2D eigenvalue weighted by Crippen LogP contribution is -2.32. The molecule has 4 nitrogen and oxygen atoms in total. The smallest absolute Gasteiger partial charge is 0.148 e. The Morgan fingerprint density at radius 1 is 1.26 bits per heavy atom. The zero-order chi connectivity index (χ0) is 13.9. The van der Waals surface area contributed by atoms with Crippen molar-refractivity contribution in [2.24, 2.45) is 0 Å². The molecular weight excluding hydrogens is 260 g/mol. The monoisotopic (exact) mass is 278 g/mol. The first-order valence-electron chi connectivity index (χ1n) is 6.18. The Labute approximate surface area is 113 Å². The second-order valence-corrected chi connectivity index (χ2v) is 7.08. The molecule has 0 amide bonds. The van der Waals surface area contributed by atoms with Crippen molar-refractivity contribution in [3.8, 4) is 0 Å². The molecule has 1 aromatic heterocycles. The molecule has 0 radical (unpaired) electrons.